The number of amides is 1. The number of nitrogens with zero attached hydrogens (tertiary/aromatic N) is 5. The summed E-state index contributed by atoms with van der Waals surface area (Å²) >= 11 is 0. The first-order chi connectivity index (χ1) is 11.0. The molecule has 3 aromatic rings. The smallest absolute Gasteiger partial charge is 0.254 e. The summed E-state index contributed by atoms with van der Waals surface area (Å²) in [5, 5.41) is 6.76. The second-order valence-corrected chi connectivity index (χ2v) is 5.14. The number of rotatable bonds is 4. The van der Waals surface area contributed by atoms with Crippen LogP contribution >= 0.6 is 0 Å². The van der Waals surface area contributed by atoms with Crippen LogP contribution in [0.5, 0.6) is 0 Å². The number of aryl methyl sites for hydroxylation is 1. The normalized spacial score (nSPS) is 10.7. The number of benzene rings is 1. The summed E-state index contributed by atoms with van der Waals surface area (Å²) in [5.41, 5.74) is 1.19. The van der Waals surface area contributed by atoms with Crippen LogP contribution in [0.15, 0.2) is 36.7 Å². The van der Waals surface area contributed by atoms with E-state index in [1.54, 1.807) is 28.6 Å². The number of fused-ring (bicyclic) bond motifs is 1. The van der Waals surface area contributed by atoms with Crippen molar-refractivity contribution in [3.8, 4) is 0 Å². The molecule has 1 aromatic carbocycles. The zero-order valence-corrected chi connectivity index (χ0v) is 12.7. The SMILES string of the molecule is Cc1cc(N(C)CC(=O)Nc2cccc(F)c2)n2ncnc2n1. The fourth-order valence-electron chi connectivity index (χ4n) is 2.25. The van der Waals surface area contributed by atoms with Crippen LogP contribution in [0.3, 0.4) is 0 Å². The van der Waals surface area contributed by atoms with Gasteiger partial charge in [-0.1, -0.05) is 6.07 Å². The Kier molecular flexibility index (Phi) is 3.88. The second-order valence-electron chi connectivity index (χ2n) is 5.14. The number of likely N-dealkylation sites (N-methyl/N-ethyl adjacent to an activating group) is 1. The third kappa shape index (κ3) is 3.25. The first-order valence-corrected chi connectivity index (χ1v) is 6.97. The van der Waals surface area contributed by atoms with Crippen molar-refractivity contribution in [1.29, 1.82) is 0 Å². The van der Waals surface area contributed by atoms with Gasteiger partial charge in [0.05, 0.1) is 6.54 Å². The molecule has 1 N–H and O–H groups in total. The van der Waals surface area contributed by atoms with Crippen LogP contribution in [-0.4, -0.2) is 39.1 Å². The quantitative estimate of drug-likeness (QED) is 0.792. The van der Waals surface area contributed by atoms with E-state index in [9.17, 15) is 9.18 Å². The fourth-order valence-corrected chi connectivity index (χ4v) is 2.25. The summed E-state index contributed by atoms with van der Waals surface area (Å²) < 4.78 is 14.7. The Labute approximate surface area is 131 Å². The first-order valence-electron chi connectivity index (χ1n) is 6.97. The Morgan fingerprint density at radius 1 is 1.39 bits per heavy atom. The summed E-state index contributed by atoms with van der Waals surface area (Å²) in [6.45, 7) is 1.92. The highest BCUT2D eigenvalue weighted by Gasteiger charge is 2.13. The number of hydrogen-bond acceptors (Lipinski definition) is 5. The van der Waals surface area contributed by atoms with Crippen molar-refractivity contribution in [3.63, 3.8) is 0 Å². The molecule has 0 saturated heterocycles. The van der Waals surface area contributed by atoms with Gasteiger partial charge in [-0.05, 0) is 25.1 Å². The summed E-state index contributed by atoms with van der Waals surface area (Å²) in [5.74, 6) is 0.503. The molecular weight excluding hydrogens is 299 g/mol. The van der Waals surface area contributed by atoms with E-state index in [-0.39, 0.29) is 12.5 Å². The van der Waals surface area contributed by atoms with Gasteiger partial charge in [-0.25, -0.2) is 9.37 Å². The van der Waals surface area contributed by atoms with E-state index in [1.807, 2.05) is 13.0 Å². The van der Waals surface area contributed by atoms with Gasteiger partial charge in [0.2, 0.25) is 5.91 Å². The molecule has 0 aliphatic heterocycles. The molecule has 1 amide bonds. The van der Waals surface area contributed by atoms with Gasteiger partial charge in [0.25, 0.3) is 5.78 Å². The minimum atomic E-state index is -0.398. The average Bonchev–Trinajstić information content (AvgIpc) is 2.94. The lowest BCUT2D eigenvalue weighted by atomic mass is 10.3. The highest BCUT2D eigenvalue weighted by Crippen LogP contribution is 2.15. The topological polar surface area (TPSA) is 75.4 Å². The van der Waals surface area contributed by atoms with Gasteiger partial charge >= 0.3 is 0 Å². The van der Waals surface area contributed by atoms with Crippen LogP contribution in [0.4, 0.5) is 15.9 Å². The number of nitrogens with one attached hydrogen (secondary N) is 1. The molecule has 0 radical (unpaired) electrons. The standard InChI is InChI=1S/C15H15FN6O/c1-10-6-14(22-15(19-10)17-9-18-22)21(2)8-13(23)20-12-5-3-4-11(16)7-12/h3-7,9H,8H2,1-2H3,(H,20,23). The maximum atomic E-state index is 13.1. The van der Waals surface area contributed by atoms with Gasteiger partial charge in [0.15, 0.2) is 0 Å². The Balaban J connectivity index is 1.76. The monoisotopic (exact) mass is 314 g/mol. The lowest BCUT2D eigenvalue weighted by Gasteiger charge is -2.19. The second kappa shape index (κ2) is 5.99. The first kappa shape index (κ1) is 14.9. The van der Waals surface area contributed by atoms with Gasteiger partial charge in [-0.2, -0.15) is 14.6 Å². The molecular formula is C15H15FN6O. The number of hydrogen-bond donors (Lipinski definition) is 1. The van der Waals surface area contributed by atoms with Crippen molar-refractivity contribution in [2.45, 2.75) is 6.92 Å². The van der Waals surface area contributed by atoms with Crippen molar-refractivity contribution in [1.82, 2.24) is 19.6 Å². The number of aromatic nitrogens is 4. The predicted molar refractivity (Wildman–Crippen MR) is 83.8 cm³/mol. The maximum absolute atomic E-state index is 13.1. The molecule has 0 atom stereocenters. The lowest BCUT2D eigenvalue weighted by molar-refractivity contribution is -0.114. The molecule has 2 aromatic heterocycles. The van der Waals surface area contributed by atoms with Crippen molar-refractivity contribution in [2.75, 3.05) is 23.8 Å². The van der Waals surface area contributed by atoms with E-state index in [0.29, 0.717) is 17.3 Å². The molecule has 0 aliphatic carbocycles. The molecule has 0 spiro atoms. The third-order valence-corrected chi connectivity index (χ3v) is 3.24. The van der Waals surface area contributed by atoms with Crippen molar-refractivity contribution in [2.24, 2.45) is 0 Å². The lowest BCUT2D eigenvalue weighted by Crippen LogP contribution is -2.31. The zero-order valence-electron chi connectivity index (χ0n) is 12.7. The number of carbonyl (C=O) groups is 1. The maximum Gasteiger partial charge on any atom is 0.254 e. The van der Waals surface area contributed by atoms with Gasteiger partial charge in [0.1, 0.15) is 18.0 Å². The highest BCUT2D eigenvalue weighted by atomic mass is 19.1. The molecule has 3 rings (SSSR count). The molecule has 0 fully saturated rings. The van der Waals surface area contributed by atoms with Gasteiger partial charge < -0.3 is 10.2 Å². The van der Waals surface area contributed by atoms with Gasteiger partial charge in [0, 0.05) is 24.5 Å². The fraction of sp³-hybridized carbons (Fsp3) is 0.200. The molecule has 118 valence electrons. The van der Waals surface area contributed by atoms with Crippen molar-refractivity contribution >= 4 is 23.2 Å². The predicted octanol–water partition coefficient (Wildman–Crippen LogP) is 1.65. The molecule has 2 heterocycles. The van der Waals surface area contributed by atoms with E-state index in [4.69, 9.17) is 0 Å². The minimum absolute atomic E-state index is 0.0783. The third-order valence-electron chi connectivity index (χ3n) is 3.24. The Hall–Kier alpha value is -3.03. The highest BCUT2D eigenvalue weighted by molar-refractivity contribution is 5.93. The zero-order chi connectivity index (χ0) is 16.4. The van der Waals surface area contributed by atoms with E-state index in [0.717, 1.165) is 5.69 Å². The van der Waals surface area contributed by atoms with Gasteiger partial charge in [-0.3, -0.25) is 4.79 Å². The molecule has 0 aliphatic rings. The van der Waals surface area contributed by atoms with Crippen LogP contribution < -0.4 is 10.2 Å². The Bertz CT molecular complexity index is 862. The van der Waals surface area contributed by atoms with Crippen molar-refractivity contribution in [3.05, 3.63) is 48.2 Å². The molecule has 0 unspecified atom stereocenters. The minimum Gasteiger partial charge on any atom is -0.350 e. The molecule has 8 heteroatoms. The summed E-state index contributed by atoms with van der Waals surface area (Å²) in [6, 6.07) is 7.58. The Morgan fingerprint density at radius 3 is 3.00 bits per heavy atom. The number of carbonyl (C=O) groups excluding carboxylic acids is 1. The largest absolute Gasteiger partial charge is 0.350 e. The average molecular weight is 314 g/mol. The molecule has 7 nitrogen and oxygen atoms in total. The Morgan fingerprint density at radius 2 is 2.22 bits per heavy atom. The van der Waals surface area contributed by atoms with Crippen LogP contribution in [-0.2, 0) is 4.79 Å². The molecule has 0 saturated carbocycles. The van der Waals surface area contributed by atoms with Crippen LogP contribution in [0.1, 0.15) is 5.69 Å². The number of halogens is 1. The van der Waals surface area contributed by atoms with Crippen LogP contribution in [0.2, 0.25) is 0 Å². The van der Waals surface area contributed by atoms with Crippen LogP contribution in [0.25, 0.3) is 5.78 Å². The van der Waals surface area contributed by atoms with E-state index >= 15 is 0 Å². The number of anilines is 2. The summed E-state index contributed by atoms with van der Waals surface area (Å²) in [4.78, 5) is 22.2. The van der Waals surface area contributed by atoms with Crippen molar-refractivity contribution < 1.29 is 9.18 Å². The van der Waals surface area contributed by atoms with E-state index < -0.39 is 5.82 Å². The molecule has 0 bridgehead atoms. The van der Waals surface area contributed by atoms with E-state index in [1.165, 1.54) is 18.5 Å². The van der Waals surface area contributed by atoms with Crippen LogP contribution in [0, 0.1) is 12.7 Å². The summed E-state index contributed by atoms with van der Waals surface area (Å²) in [6.07, 6.45) is 1.41. The molecule has 23 heavy (non-hydrogen) atoms. The van der Waals surface area contributed by atoms with Gasteiger partial charge in [-0.15, -0.1) is 0 Å². The van der Waals surface area contributed by atoms with E-state index in [2.05, 4.69) is 20.4 Å². The summed E-state index contributed by atoms with van der Waals surface area (Å²) in [7, 11) is 1.76.